The normalized spacial score (nSPS) is 15.2. The number of benzene rings is 2. The van der Waals surface area contributed by atoms with E-state index in [1.165, 1.54) is 18.2 Å². The van der Waals surface area contributed by atoms with Gasteiger partial charge in [-0.25, -0.2) is 4.39 Å². The number of rotatable bonds is 3. The van der Waals surface area contributed by atoms with Crippen molar-refractivity contribution < 1.29 is 14.3 Å². The molecule has 1 unspecified atom stereocenters. The lowest BCUT2D eigenvalue weighted by Crippen LogP contribution is -2.36. The largest absolute Gasteiger partial charge is 0.388 e. The maximum atomic E-state index is 13.2. The van der Waals surface area contributed by atoms with Gasteiger partial charge in [0, 0.05) is 18.1 Å². The second kappa shape index (κ2) is 6.69. The number of fused-ring (bicyclic) bond motifs is 1. The fourth-order valence-corrected chi connectivity index (χ4v) is 3.19. The molecular formula is C18H17ClFNO2. The van der Waals surface area contributed by atoms with Crippen LogP contribution in [-0.2, 0) is 17.8 Å². The second-order valence-corrected chi connectivity index (χ2v) is 6.12. The Balaban J connectivity index is 1.67. The number of aliphatic hydroxyl groups is 1. The minimum atomic E-state index is -1.00. The summed E-state index contributed by atoms with van der Waals surface area (Å²) in [4.78, 5) is 14.1. The number of nitrogens with zero attached hydrogens (tertiary/aromatic N) is 1. The molecule has 1 aliphatic rings. The quantitative estimate of drug-likeness (QED) is 0.934. The van der Waals surface area contributed by atoms with Crippen LogP contribution in [0.3, 0.4) is 0 Å². The molecule has 0 bridgehead atoms. The van der Waals surface area contributed by atoms with Gasteiger partial charge < -0.3 is 10.0 Å². The average Bonchev–Trinajstić information content (AvgIpc) is 2.54. The van der Waals surface area contributed by atoms with Gasteiger partial charge in [-0.15, -0.1) is 0 Å². The number of carbonyl (C=O) groups excluding carboxylic acids is 1. The van der Waals surface area contributed by atoms with Crippen LogP contribution in [0.4, 0.5) is 4.39 Å². The van der Waals surface area contributed by atoms with Crippen LogP contribution in [0, 0.1) is 5.82 Å². The maximum Gasteiger partial charge on any atom is 0.225 e. The average molecular weight is 334 g/mol. The zero-order valence-electron chi connectivity index (χ0n) is 12.5. The second-order valence-electron chi connectivity index (χ2n) is 5.72. The molecule has 2 aromatic carbocycles. The summed E-state index contributed by atoms with van der Waals surface area (Å²) in [6.07, 6.45) is -0.352. The first-order valence-electron chi connectivity index (χ1n) is 7.52. The van der Waals surface area contributed by atoms with Gasteiger partial charge in [0.25, 0.3) is 0 Å². The highest BCUT2D eigenvalue weighted by Gasteiger charge is 2.24. The molecular weight excluding hydrogens is 317 g/mol. The third-order valence-electron chi connectivity index (χ3n) is 4.16. The topological polar surface area (TPSA) is 40.5 Å². The van der Waals surface area contributed by atoms with E-state index in [0.29, 0.717) is 25.1 Å². The van der Waals surface area contributed by atoms with Gasteiger partial charge in [-0.05, 0) is 41.3 Å². The van der Waals surface area contributed by atoms with Gasteiger partial charge >= 0.3 is 0 Å². The summed E-state index contributed by atoms with van der Waals surface area (Å²) in [7, 11) is 0. The summed E-state index contributed by atoms with van der Waals surface area (Å²) in [5.41, 5.74) is 2.54. The van der Waals surface area contributed by atoms with Gasteiger partial charge in [-0.1, -0.05) is 35.9 Å². The van der Waals surface area contributed by atoms with Gasteiger partial charge in [-0.2, -0.15) is 0 Å². The monoisotopic (exact) mass is 333 g/mol. The van der Waals surface area contributed by atoms with E-state index < -0.39 is 11.9 Å². The van der Waals surface area contributed by atoms with Crippen LogP contribution in [-0.4, -0.2) is 22.5 Å². The highest BCUT2D eigenvalue weighted by atomic mass is 35.5. The molecule has 120 valence electrons. The Morgan fingerprint density at radius 2 is 2.09 bits per heavy atom. The van der Waals surface area contributed by atoms with Crippen LogP contribution >= 0.6 is 11.6 Å². The zero-order chi connectivity index (χ0) is 16.4. The molecule has 0 spiro atoms. The third-order valence-corrected chi connectivity index (χ3v) is 4.52. The fourth-order valence-electron chi connectivity index (χ4n) is 2.90. The number of aliphatic hydroxyl groups excluding tert-OH is 1. The Morgan fingerprint density at radius 3 is 2.87 bits per heavy atom. The van der Waals surface area contributed by atoms with E-state index in [4.69, 9.17) is 11.6 Å². The predicted octanol–water partition coefficient (Wildman–Crippen LogP) is 3.49. The number of hydrogen-bond donors (Lipinski definition) is 1. The molecule has 0 radical (unpaired) electrons. The standard InChI is InChI=1S/C18H17ClFNO2/c19-16-6-2-4-13-11-21(8-7-15(13)16)18(23)10-17(22)12-3-1-5-14(20)9-12/h1-6,9,17,22H,7-8,10-11H2. The Bertz CT molecular complexity index is 735. The van der Waals surface area contributed by atoms with E-state index >= 15 is 0 Å². The van der Waals surface area contributed by atoms with Crippen molar-refractivity contribution in [2.45, 2.75) is 25.5 Å². The van der Waals surface area contributed by atoms with Crippen molar-refractivity contribution in [3.05, 3.63) is 70.0 Å². The smallest absolute Gasteiger partial charge is 0.225 e. The minimum absolute atomic E-state index is 0.0562. The summed E-state index contributed by atoms with van der Waals surface area (Å²) in [5, 5.41) is 10.9. The first-order valence-corrected chi connectivity index (χ1v) is 7.90. The van der Waals surface area contributed by atoms with Crippen LogP contribution < -0.4 is 0 Å². The molecule has 0 aromatic heterocycles. The van der Waals surface area contributed by atoms with Gasteiger partial charge in [-0.3, -0.25) is 4.79 Å². The van der Waals surface area contributed by atoms with Crippen molar-refractivity contribution in [2.24, 2.45) is 0 Å². The van der Waals surface area contributed by atoms with Crippen LogP contribution in [0.25, 0.3) is 0 Å². The molecule has 0 saturated carbocycles. The molecule has 1 aliphatic heterocycles. The molecule has 0 fully saturated rings. The summed E-state index contributed by atoms with van der Waals surface area (Å²) >= 11 is 6.17. The molecule has 0 saturated heterocycles. The molecule has 1 heterocycles. The lowest BCUT2D eigenvalue weighted by molar-refractivity contribution is -0.134. The number of carbonyl (C=O) groups is 1. The molecule has 3 rings (SSSR count). The fraction of sp³-hybridized carbons (Fsp3) is 0.278. The van der Waals surface area contributed by atoms with Crippen LogP contribution in [0.15, 0.2) is 42.5 Å². The van der Waals surface area contributed by atoms with Crippen LogP contribution in [0.1, 0.15) is 29.2 Å². The molecule has 1 N–H and O–H groups in total. The van der Waals surface area contributed by atoms with Crippen molar-refractivity contribution >= 4 is 17.5 Å². The molecule has 5 heteroatoms. The molecule has 23 heavy (non-hydrogen) atoms. The number of amides is 1. The Labute approximate surface area is 139 Å². The maximum absolute atomic E-state index is 13.2. The number of hydrogen-bond acceptors (Lipinski definition) is 2. The van der Waals surface area contributed by atoms with Crippen molar-refractivity contribution in [1.82, 2.24) is 4.90 Å². The van der Waals surface area contributed by atoms with Gasteiger partial charge in [0.05, 0.1) is 12.5 Å². The zero-order valence-corrected chi connectivity index (χ0v) is 13.3. The van der Waals surface area contributed by atoms with Crippen LogP contribution in [0.5, 0.6) is 0 Å². The van der Waals surface area contributed by atoms with Crippen molar-refractivity contribution in [3.63, 3.8) is 0 Å². The lowest BCUT2D eigenvalue weighted by Gasteiger charge is -2.30. The van der Waals surface area contributed by atoms with Gasteiger partial charge in [0.2, 0.25) is 5.91 Å². The first kappa shape index (κ1) is 16.0. The SMILES string of the molecule is O=C(CC(O)c1cccc(F)c1)N1CCc2c(Cl)cccc2C1. The molecule has 0 aliphatic carbocycles. The van der Waals surface area contributed by atoms with Crippen LogP contribution in [0.2, 0.25) is 5.02 Å². The summed E-state index contributed by atoms with van der Waals surface area (Å²) in [5.74, 6) is -0.567. The third kappa shape index (κ3) is 3.54. The summed E-state index contributed by atoms with van der Waals surface area (Å²) in [6.45, 7) is 1.07. The van der Waals surface area contributed by atoms with E-state index in [-0.39, 0.29) is 12.3 Å². The van der Waals surface area contributed by atoms with E-state index in [1.54, 1.807) is 11.0 Å². The molecule has 1 amide bonds. The highest BCUT2D eigenvalue weighted by molar-refractivity contribution is 6.31. The van der Waals surface area contributed by atoms with Crippen molar-refractivity contribution in [3.8, 4) is 0 Å². The summed E-state index contributed by atoms with van der Waals surface area (Å²) in [6, 6.07) is 11.4. The molecule has 3 nitrogen and oxygen atoms in total. The Kier molecular flexibility index (Phi) is 4.64. The van der Waals surface area contributed by atoms with E-state index in [1.807, 2.05) is 18.2 Å². The lowest BCUT2D eigenvalue weighted by atomic mass is 9.98. The van der Waals surface area contributed by atoms with Crippen molar-refractivity contribution in [1.29, 1.82) is 0 Å². The number of halogens is 2. The first-order chi connectivity index (χ1) is 11.0. The minimum Gasteiger partial charge on any atom is -0.388 e. The Hall–Kier alpha value is -1.91. The summed E-state index contributed by atoms with van der Waals surface area (Å²) < 4.78 is 13.2. The van der Waals surface area contributed by atoms with Gasteiger partial charge in [0.1, 0.15) is 5.82 Å². The van der Waals surface area contributed by atoms with E-state index in [0.717, 1.165) is 16.1 Å². The van der Waals surface area contributed by atoms with Gasteiger partial charge in [0.15, 0.2) is 0 Å². The van der Waals surface area contributed by atoms with E-state index in [9.17, 15) is 14.3 Å². The Morgan fingerprint density at radius 1 is 1.30 bits per heavy atom. The van der Waals surface area contributed by atoms with Crippen molar-refractivity contribution in [2.75, 3.05) is 6.54 Å². The van der Waals surface area contributed by atoms with E-state index in [2.05, 4.69) is 0 Å². The predicted molar refractivity (Wildman–Crippen MR) is 86.5 cm³/mol. The highest BCUT2D eigenvalue weighted by Crippen LogP contribution is 2.27. The molecule has 2 aromatic rings. The molecule has 1 atom stereocenters.